The van der Waals surface area contributed by atoms with Crippen molar-refractivity contribution in [2.45, 2.75) is 45.1 Å². The predicted molar refractivity (Wildman–Crippen MR) is 112 cm³/mol. The Hall–Kier alpha value is -1.86. The van der Waals surface area contributed by atoms with Crippen LogP contribution >= 0.6 is 0 Å². The van der Waals surface area contributed by atoms with Crippen molar-refractivity contribution in [1.29, 1.82) is 0 Å². The molecule has 0 radical (unpaired) electrons. The van der Waals surface area contributed by atoms with Crippen molar-refractivity contribution < 1.29 is 9.53 Å². The molecule has 0 aliphatic rings. The van der Waals surface area contributed by atoms with Crippen molar-refractivity contribution in [2.24, 2.45) is 0 Å². The number of aliphatic hydroxyl groups is 1. The first kappa shape index (κ1) is 20.4. The Bertz CT molecular complexity index is 669. The number of hydrogen-bond donors (Lipinski definition) is 1. The van der Waals surface area contributed by atoms with Gasteiger partial charge in [-0.25, -0.2) is 0 Å². The third kappa shape index (κ3) is 4.85. The molecule has 0 atom stereocenters. The van der Waals surface area contributed by atoms with Crippen LogP contribution in [-0.4, -0.2) is 26.6 Å². The van der Waals surface area contributed by atoms with Gasteiger partial charge in [0.05, 0.1) is 0 Å². The Balaban J connectivity index is 2.33. The lowest BCUT2D eigenvalue weighted by Gasteiger charge is -2.43. The van der Waals surface area contributed by atoms with E-state index >= 15 is 0 Å². The second kappa shape index (κ2) is 9.73. The summed E-state index contributed by atoms with van der Waals surface area (Å²) < 4.78 is 6.76. The van der Waals surface area contributed by atoms with E-state index < -0.39 is 8.32 Å². The zero-order valence-corrected chi connectivity index (χ0v) is 17.2. The molecule has 0 aromatic heterocycles. The van der Waals surface area contributed by atoms with Crippen molar-refractivity contribution in [3.63, 3.8) is 0 Å². The normalized spacial score (nSPS) is 11.7. The van der Waals surface area contributed by atoms with Gasteiger partial charge >= 0.3 is 0 Å². The van der Waals surface area contributed by atoms with Crippen LogP contribution in [0.4, 0.5) is 0 Å². The standard InChI is InChI=1S/C23H30O2Si/c1-23(2,3)26(21-15-9-7-10-16-21,22-17-11-8-12-18-22)25-20-14-6-4-5-13-19-24/h7-12,15-18,24H,5,13-14,19-20H2,1-3H3. The first-order chi connectivity index (χ1) is 12.5. The van der Waals surface area contributed by atoms with Gasteiger partial charge in [0.15, 0.2) is 0 Å². The lowest BCUT2D eigenvalue weighted by atomic mass is 10.2. The van der Waals surface area contributed by atoms with Crippen molar-refractivity contribution in [2.75, 3.05) is 13.2 Å². The van der Waals surface area contributed by atoms with Crippen LogP contribution in [0.5, 0.6) is 0 Å². The Morgan fingerprint density at radius 1 is 0.846 bits per heavy atom. The molecule has 2 nitrogen and oxygen atoms in total. The van der Waals surface area contributed by atoms with E-state index in [0.717, 1.165) is 19.3 Å². The zero-order valence-electron chi connectivity index (χ0n) is 16.2. The smallest absolute Gasteiger partial charge is 0.261 e. The molecule has 138 valence electrons. The third-order valence-electron chi connectivity index (χ3n) is 4.55. The van der Waals surface area contributed by atoms with Crippen LogP contribution in [0.15, 0.2) is 60.7 Å². The molecule has 2 aromatic rings. The predicted octanol–water partition coefficient (Wildman–Crippen LogP) is 3.73. The minimum absolute atomic E-state index is 0.0000233. The largest absolute Gasteiger partial charge is 0.406 e. The highest BCUT2D eigenvalue weighted by Gasteiger charge is 2.49. The van der Waals surface area contributed by atoms with Gasteiger partial charge in [-0.05, 0) is 21.8 Å². The maximum Gasteiger partial charge on any atom is 0.261 e. The summed E-state index contributed by atoms with van der Waals surface area (Å²) >= 11 is 0. The molecule has 0 saturated heterocycles. The van der Waals surface area contributed by atoms with E-state index in [1.165, 1.54) is 10.4 Å². The van der Waals surface area contributed by atoms with Gasteiger partial charge in [-0.2, -0.15) is 0 Å². The second-order valence-electron chi connectivity index (χ2n) is 7.44. The Kier molecular flexibility index (Phi) is 7.65. The number of hydrogen-bond acceptors (Lipinski definition) is 2. The fraction of sp³-hybridized carbons (Fsp3) is 0.391. The van der Waals surface area contributed by atoms with Gasteiger partial charge < -0.3 is 9.53 Å². The quantitative estimate of drug-likeness (QED) is 0.460. The van der Waals surface area contributed by atoms with Crippen LogP contribution in [0.3, 0.4) is 0 Å². The summed E-state index contributed by atoms with van der Waals surface area (Å²) in [5, 5.41) is 11.4. The molecular weight excluding hydrogens is 336 g/mol. The van der Waals surface area contributed by atoms with E-state index in [0.29, 0.717) is 6.61 Å². The Labute approximate surface area is 159 Å². The molecule has 0 unspecified atom stereocenters. The topological polar surface area (TPSA) is 29.5 Å². The van der Waals surface area contributed by atoms with E-state index in [2.05, 4.69) is 93.3 Å². The van der Waals surface area contributed by atoms with Gasteiger partial charge in [0, 0.05) is 26.1 Å². The van der Waals surface area contributed by atoms with E-state index in [9.17, 15) is 0 Å². The van der Waals surface area contributed by atoms with Crippen molar-refractivity contribution >= 4 is 18.7 Å². The molecule has 0 fully saturated rings. The molecule has 0 saturated carbocycles. The molecule has 0 bridgehead atoms. The molecule has 0 amide bonds. The number of benzene rings is 2. The summed E-state index contributed by atoms with van der Waals surface area (Å²) in [6, 6.07) is 21.3. The van der Waals surface area contributed by atoms with Crippen LogP contribution < -0.4 is 10.4 Å². The minimum Gasteiger partial charge on any atom is -0.406 e. The van der Waals surface area contributed by atoms with Crippen LogP contribution in [-0.2, 0) is 4.43 Å². The van der Waals surface area contributed by atoms with Gasteiger partial charge in [0.25, 0.3) is 8.32 Å². The van der Waals surface area contributed by atoms with Crippen molar-refractivity contribution in [3.8, 4) is 11.8 Å². The molecule has 2 aromatic carbocycles. The average molecular weight is 367 g/mol. The molecule has 0 spiro atoms. The molecule has 0 aliphatic carbocycles. The first-order valence-electron chi connectivity index (χ1n) is 9.34. The van der Waals surface area contributed by atoms with Crippen LogP contribution in [0.25, 0.3) is 0 Å². The molecule has 26 heavy (non-hydrogen) atoms. The molecule has 2 rings (SSSR count). The third-order valence-corrected chi connectivity index (χ3v) is 9.59. The van der Waals surface area contributed by atoms with E-state index in [1.54, 1.807) is 0 Å². The summed E-state index contributed by atoms with van der Waals surface area (Å²) in [6.45, 7) is 7.68. The van der Waals surface area contributed by atoms with Crippen molar-refractivity contribution in [1.82, 2.24) is 0 Å². The summed E-state index contributed by atoms with van der Waals surface area (Å²) in [6.07, 6.45) is 2.20. The first-order valence-corrected chi connectivity index (χ1v) is 11.2. The maximum atomic E-state index is 8.83. The average Bonchev–Trinajstić information content (AvgIpc) is 2.64. The zero-order chi connectivity index (χ0) is 18.9. The highest BCUT2D eigenvalue weighted by molar-refractivity contribution is 6.99. The van der Waals surface area contributed by atoms with E-state index in [-0.39, 0.29) is 11.6 Å². The van der Waals surface area contributed by atoms with Gasteiger partial charge in [-0.15, -0.1) is 11.8 Å². The number of unbranched alkanes of at least 4 members (excludes halogenated alkanes) is 1. The molecule has 0 aliphatic heterocycles. The molecule has 3 heteroatoms. The monoisotopic (exact) mass is 366 g/mol. The highest BCUT2D eigenvalue weighted by Crippen LogP contribution is 2.36. The van der Waals surface area contributed by atoms with Crippen LogP contribution in [0.1, 0.15) is 40.0 Å². The number of aliphatic hydroxyl groups excluding tert-OH is 1. The minimum atomic E-state index is -2.43. The van der Waals surface area contributed by atoms with E-state index in [4.69, 9.17) is 9.53 Å². The number of rotatable bonds is 7. The Morgan fingerprint density at radius 3 is 1.81 bits per heavy atom. The lowest BCUT2D eigenvalue weighted by Crippen LogP contribution is -2.66. The van der Waals surface area contributed by atoms with Gasteiger partial charge in [0.1, 0.15) is 0 Å². The second-order valence-corrected chi connectivity index (χ2v) is 11.7. The van der Waals surface area contributed by atoms with Gasteiger partial charge in [-0.3, -0.25) is 0 Å². The van der Waals surface area contributed by atoms with E-state index in [1.807, 2.05) is 0 Å². The fourth-order valence-electron chi connectivity index (χ4n) is 3.36. The van der Waals surface area contributed by atoms with Gasteiger partial charge in [0.2, 0.25) is 0 Å². The SMILES string of the molecule is CC(C)(C)[Si](OCCC#CCCCO)(c1ccccc1)c1ccccc1. The summed E-state index contributed by atoms with van der Waals surface area (Å²) in [4.78, 5) is 0. The van der Waals surface area contributed by atoms with Gasteiger partial charge in [-0.1, -0.05) is 81.4 Å². The Morgan fingerprint density at radius 2 is 1.35 bits per heavy atom. The maximum absolute atomic E-state index is 8.83. The summed E-state index contributed by atoms with van der Waals surface area (Å²) in [5.74, 6) is 6.30. The summed E-state index contributed by atoms with van der Waals surface area (Å²) in [7, 11) is -2.43. The van der Waals surface area contributed by atoms with Crippen LogP contribution in [0.2, 0.25) is 5.04 Å². The fourth-order valence-corrected chi connectivity index (χ4v) is 7.92. The van der Waals surface area contributed by atoms with Crippen molar-refractivity contribution in [3.05, 3.63) is 60.7 Å². The van der Waals surface area contributed by atoms with Crippen LogP contribution in [0, 0.1) is 11.8 Å². The lowest BCUT2D eigenvalue weighted by molar-refractivity contribution is 0.290. The molecule has 0 heterocycles. The summed E-state index contributed by atoms with van der Waals surface area (Å²) in [5.41, 5.74) is 0. The molecule has 1 N–H and O–H groups in total. The molecular formula is C23H30O2Si. The highest BCUT2D eigenvalue weighted by atomic mass is 28.4.